The molecule has 124 valence electrons. The molecule has 3 heteroatoms. The summed E-state index contributed by atoms with van der Waals surface area (Å²) in [6, 6.07) is 16.2. The fraction of sp³-hybridized carbons (Fsp3) is 0.286. The van der Waals surface area contributed by atoms with E-state index in [0.29, 0.717) is 0 Å². The third kappa shape index (κ3) is 3.07. The Hall–Kier alpha value is -2.55. The number of nitrogens with zero attached hydrogens (tertiary/aromatic N) is 2. The first kappa shape index (κ1) is 16.3. The Morgan fingerprint density at radius 2 is 1.75 bits per heavy atom. The van der Waals surface area contributed by atoms with Gasteiger partial charge in [-0.3, -0.25) is 0 Å². The maximum Gasteiger partial charge on any atom is 0.222 e. The van der Waals surface area contributed by atoms with Crippen LogP contribution in [0.2, 0.25) is 0 Å². The molecular formula is C21H24N2O. The number of rotatable bonds is 5. The quantitative estimate of drug-likeness (QED) is 0.701. The molecule has 0 bridgehead atoms. The molecule has 0 fully saturated rings. The Balaban J connectivity index is 2.14. The largest absolute Gasteiger partial charge is 0.493 e. The number of benzene rings is 2. The van der Waals surface area contributed by atoms with Crippen LogP contribution in [0.3, 0.4) is 0 Å². The topological polar surface area (TPSA) is 38.0 Å². The van der Waals surface area contributed by atoms with Crippen LogP contribution in [-0.2, 0) is 6.42 Å². The van der Waals surface area contributed by atoms with Crippen molar-refractivity contribution in [3.05, 3.63) is 65.4 Å². The summed E-state index contributed by atoms with van der Waals surface area (Å²) in [4.78, 5) is 0. The molecular weight excluding hydrogens is 296 g/mol. The minimum atomic E-state index is 0.218. The summed E-state index contributed by atoms with van der Waals surface area (Å²) in [5, 5.41) is 15.6. The minimum Gasteiger partial charge on any atom is -0.493 e. The van der Waals surface area contributed by atoms with Crippen LogP contribution < -0.4 is 0 Å². The first-order valence-corrected chi connectivity index (χ1v) is 8.55. The molecule has 2 aromatic carbocycles. The molecule has 1 heterocycles. The predicted molar refractivity (Wildman–Crippen MR) is 98.8 cm³/mol. The molecule has 0 saturated heterocycles. The minimum absolute atomic E-state index is 0.218. The molecule has 1 N–H and O–H groups in total. The van der Waals surface area contributed by atoms with Gasteiger partial charge in [0.05, 0.1) is 16.9 Å². The molecule has 0 amide bonds. The van der Waals surface area contributed by atoms with E-state index in [-0.39, 0.29) is 5.88 Å². The highest BCUT2D eigenvalue weighted by molar-refractivity contribution is 5.72. The van der Waals surface area contributed by atoms with Crippen molar-refractivity contribution in [2.45, 2.75) is 40.0 Å². The third-order valence-corrected chi connectivity index (χ3v) is 4.50. The van der Waals surface area contributed by atoms with Crippen LogP contribution in [0.5, 0.6) is 5.88 Å². The molecule has 0 spiro atoms. The molecule has 24 heavy (non-hydrogen) atoms. The van der Waals surface area contributed by atoms with Crippen LogP contribution in [0.1, 0.15) is 36.6 Å². The number of aryl methyl sites for hydroxylation is 3. The zero-order valence-corrected chi connectivity index (χ0v) is 14.6. The molecule has 0 aliphatic heterocycles. The van der Waals surface area contributed by atoms with Gasteiger partial charge in [0.15, 0.2) is 0 Å². The van der Waals surface area contributed by atoms with Gasteiger partial charge in [0.25, 0.3) is 0 Å². The lowest BCUT2D eigenvalue weighted by atomic mass is 10.0. The lowest BCUT2D eigenvalue weighted by Gasteiger charge is -2.07. The van der Waals surface area contributed by atoms with Crippen molar-refractivity contribution in [1.29, 1.82) is 0 Å². The van der Waals surface area contributed by atoms with Crippen LogP contribution in [0.15, 0.2) is 48.5 Å². The average Bonchev–Trinajstić information content (AvgIpc) is 2.92. The zero-order valence-electron chi connectivity index (χ0n) is 14.6. The van der Waals surface area contributed by atoms with Crippen molar-refractivity contribution in [3.63, 3.8) is 0 Å². The molecule has 3 nitrogen and oxygen atoms in total. The Kier molecular flexibility index (Phi) is 4.70. The maximum absolute atomic E-state index is 10.9. The predicted octanol–water partition coefficient (Wildman–Crippen LogP) is 5.20. The molecule has 0 unspecified atom stereocenters. The van der Waals surface area contributed by atoms with Crippen LogP contribution in [0, 0.1) is 13.8 Å². The molecule has 0 saturated carbocycles. The van der Waals surface area contributed by atoms with Crippen LogP contribution in [0.4, 0.5) is 0 Å². The van der Waals surface area contributed by atoms with Crippen LogP contribution >= 0.6 is 0 Å². The maximum atomic E-state index is 10.9. The Labute approximate surface area is 143 Å². The fourth-order valence-electron chi connectivity index (χ4n) is 2.91. The molecule has 0 aliphatic rings. The summed E-state index contributed by atoms with van der Waals surface area (Å²) in [6.07, 6.45) is 3.03. The van der Waals surface area contributed by atoms with E-state index >= 15 is 0 Å². The molecule has 0 aliphatic carbocycles. The highest BCUT2D eigenvalue weighted by Crippen LogP contribution is 2.35. The van der Waals surface area contributed by atoms with Gasteiger partial charge in [0.1, 0.15) is 0 Å². The third-order valence-electron chi connectivity index (χ3n) is 4.50. The Bertz CT molecular complexity index is 835. The summed E-state index contributed by atoms with van der Waals surface area (Å²) in [5.74, 6) is 0.218. The monoisotopic (exact) mass is 320 g/mol. The van der Waals surface area contributed by atoms with E-state index in [1.165, 1.54) is 11.1 Å². The SMILES string of the molecule is CCCCc1nn(-c2ccc(C)c(C)c2)c(O)c1-c1ccccc1. The summed E-state index contributed by atoms with van der Waals surface area (Å²) in [7, 11) is 0. The first-order valence-electron chi connectivity index (χ1n) is 8.55. The normalized spacial score (nSPS) is 11.0. The van der Waals surface area contributed by atoms with Crippen molar-refractivity contribution in [2.24, 2.45) is 0 Å². The average molecular weight is 320 g/mol. The van der Waals surface area contributed by atoms with Crippen molar-refractivity contribution >= 4 is 0 Å². The van der Waals surface area contributed by atoms with Gasteiger partial charge >= 0.3 is 0 Å². The lowest BCUT2D eigenvalue weighted by Crippen LogP contribution is -1.98. The highest BCUT2D eigenvalue weighted by Gasteiger charge is 2.19. The molecule has 1 aromatic heterocycles. The number of aromatic hydroxyl groups is 1. The van der Waals surface area contributed by atoms with Gasteiger partial charge in [-0.05, 0) is 55.5 Å². The lowest BCUT2D eigenvalue weighted by molar-refractivity contribution is 0.435. The fourth-order valence-corrected chi connectivity index (χ4v) is 2.91. The molecule has 3 aromatic rings. The van der Waals surface area contributed by atoms with E-state index in [4.69, 9.17) is 5.10 Å². The second kappa shape index (κ2) is 6.91. The Morgan fingerprint density at radius 3 is 2.42 bits per heavy atom. The van der Waals surface area contributed by atoms with Gasteiger partial charge in [-0.2, -0.15) is 5.10 Å². The van der Waals surface area contributed by atoms with Crippen LogP contribution in [0.25, 0.3) is 16.8 Å². The zero-order chi connectivity index (χ0) is 17.1. The van der Waals surface area contributed by atoms with Crippen molar-refractivity contribution in [3.8, 4) is 22.7 Å². The van der Waals surface area contributed by atoms with Crippen molar-refractivity contribution in [2.75, 3.05) is 0 Å². The van der Waals surface area contributed by atoms with Crippen molar-refractivity contribution in [1.82, 2.24) is 9.78 Å². The number of unbranched alkanes of at least 4 members (excludes halogenated alkanes) is 1. The molecule has 0 atom stereocenters. The second-order valence-electron chi connectivity index (χ2n) is 6.30. The van der Waals surface area contributed by atoms with E-state index < -0.39 is 0 Å². The van der Waals surface area contributed by atoms with Gasteiger partial charge in [0.2, 0.25) is 5.88 Å². The Morgan fingerprint density at radius 1 is 1.00 bits per heavy atom. The van der Waals surface area contributed by atoms with E-state index in [0.717, 1.165) is 41.8 Å². The van der Waals surface area contributed by atoms with Gasteiger partial charge in [0, 0.05) is 0 Å². The van der Waals surface area contributed by atoms with E-state index in [9.17, 15) is 5.11 Å². The highest BCUT2D eigenvalue weighted by atomic mass is 16.3. The summed E-state index contributed by atoms with van der Waals surface area (Å²) < 4.78 is 1.67. The van der Waals surface area contributed by atoms with Gasteiger partial charge in [-0.1, -0.05) is 49.7 Å². The van der Waals surface area contributed by atoms with E-state index in [1.54, 1.807) is 4.68 Å². The summed E-state index contributed by atoms with van der Waals surface area (Å²) in [5.41, 5.74) is 6.14. The first-order chi connectivity index (χ1) is 11.6. The number of hydrogen-bond donors (Lipinski definition) is 1. The van der Waals surface area contributed by atoms with Gasteiger partial charge in [-0.15, -0.1) is 0 Å². The number of hydrogen-bond acceptors (Lipinski definition) is 2. The van der Waals surface area contributed by atoms with Gasteiger partial charge in [-0.25, -0.2) is 4.68 Å². The summed E-state index contributed by atoms with van der Waals surface area (Å²) in [6.45, 7) is 6.34. The standard InChI is InChI=1S/C21H24N2O/c1-4-5-11-19-20(17-9-7-6-8-10-17)21(24)23(22-19)18-13-12-15(2)16(3)14-18/h6-10,12-14,24H,4-5,11H2,1-3H3. The van der Waals surface area contributed by atoms with E-state index in [1.807, 2.05) is 36.4 Å². The smallest absolute Gasteiger partial charge is 0.222 e. The summed E-state index contributed by atoms with van der Waals surface area (Å²) >= 11 is 0. The van der Waals surface area contributed by atoms with Gasteiger partial charge < -0.3 is 5.11 Å². The molecule has 0 radical (unpaired) electrons. The second-order valence-corrected chi connectivity index (χ2v) is 6.30. The number of aromatic nitrogens is 2. The van der Waals surface area contributed by atoms with Crippen molar-refractivity contribution < 1.29 is 5.11 Å². The van der Waals surface area contributed by atoms with Crippen LogP contribution in [-0.4, -0.2) is 14.9 Å². The molecule has 3 rings (SSSR count). The van der Waals surface area contributed by atoms with E-state index in [2.05, 4.69) is 32.9 Å².